The summed E-state index contributed by atoms with van der Waals surface area (Å²) in [5, 5.41) is 9.27. The number of aliphatic hydroxyl groups is 1. The Balaban J connectivity index is 2.30. The molecule has 0 saturated carbocycles. The monoisotopic (exact) mass is 276 g/mol. The van der Waals surface area contributed by atoms with Crippen molar-refractivity contribution in [3.63, 3.8) is 0 Å². The fourth-order valence-electron chi connectivity index (χ4n) is 1.73. The lowest BCUT2D eigenvalue weighted by molar-refractivity contribution is 0.281. The van der Waals surface area contributed by atoms with Crippen LogP contribution in [-0.2, 0) is 13.0 Å². The van der Waals surface area contributed by atoms with Crippen molar-refractivity contribution < 1.29 is 5.11 Å². The molecule has 0 fully saturated rings. The molecule has 1 nitrogen and oxygen atoms in total. The first kappa shape index (κ1) is 11.4. The van der Waals surface area contributed by atoms with E-state index in [1.54, 1.807) is 0 Å². The van der Waals surface area contributed by atoms with Crippen LogP contribution in [0.5, 0.6) is 0 Å². The summed E-state index contributed by atoms with van der Waals surface area (Å²) in [7, 11) is 0. The van der Waals surface area contributed by atoms with Crippen molar-refractivity contribution >= 4 is 15.9 Å². The molecule has 0 amide bonds. The normalized spacial score (nSPS) is 10.4. The number of benzene rings is 2. The Labute approximate surface area is 104 Å². The molecule has 2 rings (SSSR count). The van der Waals surface area contributed by atoms with Crippen molar-refractivity contribution in [2.45, 2.75) is 13.0 Å². The highest BCUT2D eigenvalue weighted by Crippen LogP contribution is 2.19. The quantitative estimate of drug-likeness (QED) is 0.910. The molecule has 0 atom stereocenters. The summed E-state index contributed by atoms with van der Waals surface area (Å²) in [5.41, 5.74) is 3.42. The van der Waals surface area contributed by atoms with Crippen LogP contribution in [0.3, 0.4) is 0 Å². The lowest BCUT2D eigenvalue weighted by Gasteiger charge is -2.08. The average Bonchev–Trinajstić information content (AvgIpc) is 2.31. The van der Waals surface area contributed by atoms with Gasteiger partial charge >= 0.3 is 0 Å². The molecule has 0 spiro atoms. The van der Waals surface area contributed by atoms with Gasteiger partial charge in [0.1, 0.15) is 0 Å². The molecule has 0 unspecified atom stereocenters. The van der Waals surface area contributed by atoms with Gasteiger partial charge in [0, 0.05) is 4.47 Å². The highest BCUT2D eigenvalue weighted by atomic mass is 79.9. The Bertz CT molecular complexity index is 465. The van der Waals surface area contributed by atoms with Crippen LogP contribution >= 0.6 is 15.9 Å². The van der Waals surface area contributed by atoms with Crippen LogP contribution < -0.4 is 0 Å². The van der Waals surface area contributed by atoms with Crippen molar-refractivity contribution in [3.05, 3.63) is 69.7 Å². The summed E-state index contributed by atoms with van der Waals surface area (Å²) in [6.45, 7) is 0.0927. The summed E-state index contributed by atoms with van der Waals surface area (Å²) in [5.74, 6) is 0. The predicted molar refractivity (Wildman–Crippen MR) is 69.3 cm³/mol. The Hall–Kier alpha value is -1.12. The molecule has 2 aromatic rings. The molecule has 0 bridgehead atoms. The third-order valence-corrected chi connectivity index (χ3v) is 3.07. The summed E-state index contributed by atoms with van der Waals surface area (Å²) in [6, 6.07) is 16.3. The van der Waals surface area contributed by atoms with Crippen molar-refractivity contribution in [2.75, 3.05) is 0 Å². The van der Waals surface area contributed by atoms with Gasteiger partial charge in [-0.05, 0) is 35.2 Å². The molecule has 0 aliphatic heterocycles. The third-order valence-electron chi connectivity index (χ3n) is 2.58. The van der Waals surface area contributed by atoms with E-state index in [2.05, 4.69) is 34.1 Å². The van der Waals surface area contributed by atoms with E-state index in [0.29, 0.717) is 0 Å². The Morgan fingerprint density at radius 1 is 0.938 bits per heavy atom. The summed E-state index contributed by atoms with van der Waals surface area (Å²) in [4.78, 5) is 0. The first-order valence-corrected chi connectivity index (χ1v) is 6.01. The van der Waals surface area contributed by atoms with Crippen LogP contribution in [-0.4, -0.2) is 5.11 Å². The van der Waals surface area contributed by atoms with Gasteiger partial charge in [-0.25, -0.2) is 0 Å². The number of halogens is 1. The van der Waals surface area contributed by atoms with Crippen LogP contribution in [0.1, 0.15) is 16.7 Å². The Morgan fingerprint density at radius 3 is 2.38 bits per heavy atom. The number of aliphatic hydroxyl groups excluding tert-OH is 1. The highest BCUT2D eigenvalue weighted by molar-refractivity contribution is 9.10. The van der Waals surface area contributed by atoms with Gasteiger partial charge in [0.15, 0.2) is 0 Å². The van der Waals surface area contributed by atoms with E-state index < -0.39 is 0 Å². The molecular weight excluding hydrogens is 264 g/mol. The number of rotatable bonds is 3. The van der Waals surface area contributed by atoms with Crippen LogP contribution in [0.4, 0.5) is 0 Å². The predicted octanol–water partition coefficient (Wildman–Crippen LogP) is 3.53. The third kappa shape index (κ3) is 2.71. The minimum atomic E-state index is 0.0927. The molecule has 0 aromatic heterocycles. The van der Waals surface area contributed by atoms with Gasteiger partial charge in [-0.2, -0.15) is 0 Å². The number of hydrogen-bond donors (Lipinski definition) is 1. The molecule has 82 valence electrons. The topological polar surface area (TPSA) is 20.2 Å². The molecule has 0 aliphatic rings. The second kappa shape index (κ2) is 5.28. The molecule has 0 aliphatic carbocycles. The zero-order chi connectivity index (χ0) is 11.4. The fraction of sp³-hybridized carbons (Fsp3) is 0.143. The van der Waals surface area contributed by atoms with Crippen molar-refractivity contribution in [1.82, 2.24) is 0 Å². The summed E-state index contributed by atoms with van der Waals surface area (Å²) >= 11 is 3.46. The largest absolute Gasteiger partial charge is 0.392 e. The average molecular weight is 277 g/mol. The van der Waals surface area contributed by atoms with Crippen molar-refractivity contribution in [3.8, 4) is 0 Å². The van der Waals surface area contributed by atoms with Gasteiger partial charge < -0.3 is 5.11 Å². The lowest BCUT2D eigenvalue weighted by atomic mass is 10.0. The van der Waals surface area contributed by atoms with Crippen LogP contribution in [0.15, 0.2) is 53.0 Å². The SMILES string of the molecule is OCc1ccc(Br)cc1Cc1ccccc1. The number of hydrogen-bond acceptors (Lipinski definition) is 1. The second-order valence-electron chi connectivity index (χ2n) is 3.73. The van der Waals surface area contributed by atoms with Gasteiger partial charge in [-0.1, -0.05) is 52.3 Å². The standard InChI is InChI=1S/C14H13BrO/c15-14-7-6-12(10-16)13(9-14)8-11-4-2-1-3-5-11/h1-7,9,16H,8,10H2. The van der Waals surface area contributed by atoms with Gasteiger partial charge in [0.05, 0.1) is 6.61 Å². The molecule has 0 radical (unpaired) electrons. The molecule has 0 saturated heterocycles. The van der Waals surface area contributed by atoms with Crippen LogP contribution in [0.2, 0.25) is 0 Å². The molecular formula is C14H13BrO. The molecule has 2 aromatic carbocycles. The molecule has 2 heteroatoms. The van der Waals surface area contributed by atoms with Crippen molar-refractivity contribution in [1.29, 1.82) is 0 Å². The maximum absolute atomic E-state index is 9.27. The zero-order valence-corrected chi connectivity index (χ0v) is 10.4. The van der Waals surface area contributed by atoms with Crippen LogP contribution in [0.25, 0.3) is 0 Å². The smallest absolute Gasteiger partial charge is 0.0684 e. The lowest BCUT2D eigenvalue weighted by Crippen LogP contribution is -1.95. The zero-order valence-electron chi connectivity index (χ0n) is 8.86. The van der Waals surface area contributed by atoms with E-state index in [0.717, 1.165) is 16.5 Å². The molecule has 0 heterocycles. The van der Waals surface area contributed by atoms with Gasteiger partial charge in [0.25, 0.3) is 0 Å². The first-order chi connectivity index (χ1) is 7.79. The minimum absolute atomic E-state index is 0.0927. The van der Waals surface area contributed by atoms with E-state index >= 15 is 0 Å². The maximum atomic E-state index is 9.27. The van der Waals surface area contributed by atoms with E-state index in [-0.39, 0.29) is 6.61 Å². The summed E-state index contributed by atoms with van der Waals surface area (Å²) < 4.78 is 1.05. The van der Waals surface area contributed by atoms with Crippen LogP contribution in [0, 0.1) is 0 Å². The first-order valence-electron chi connectivity index (χ1n) is 5.21. The van der Waals surface area contributed by atoms with E-state index in [1.807, 2.05) is 30.3 Å². The molecule has 16 heavy (non-hydrogen) atoms. The Morgan fingerprint density at radius 2 is 1.69 bits per heavy atom. The van der Waals surface area contributed by atoms with Gasteiger partial charge in [-0.15, -0.1) is 0 Å². The van der Waals surface area contributed by atoms with Gasteiger partial charge in [0.2, 0.25) is 0 Å². The van der Waals surface area contributed by atoms with E-state index in [4.69, 9.17) is 0 Å². The van der Waals surface area contributed by atoms with Crippen molar-refractivity contribution in [2.24, 2.45) is 0 Å². The van der Waals surface area contributed by atoms with Gasteiger partial charge in [-0.3, -0.25) is 0 Å². The second-order valence-corrected chi connectivity index (χ2v) is 4.65. The maximum Gasteiger partial charge on any atom is 0.0684 e. The van der Waals surface area contributed by atoms with E-state index in [9.17, 15) is 5.11 Å². The highest BCUT2D eigenvalue weighted by Gasteiger charge is 2.03. The Kier molecular flexibility index (Phi) is 3.75. The van der Waals surface area contributed by atoms with E-state index in [1.165, 1.54) is 11.1 Å². The fourth-order valence-corrected chi connectivity index (χ4v) is 2.14. The summed E-state index contributed by atoms with van der Waals surface area (Å²) in [6.07, 6.45) is 0.857. The minimum Gasteiger partial charge on any atom is -0.392 e. The molecule has 1 N–H and O–H groups in total.